The third-order valence-electron chi connectivity index (χ3n) is 5.25. The van der Waals surface area contributed by atoms with Gasteiger partial charge in [0.1, 0.15) is 11.4 Å². The Labute approximate surface area is 216 Å². The Bertz CT molecular complexity index is 1290. The Balaban J connectivity index is 1.74. The fourth-order valence-corrected chi connectivity index (χ4v) is 3.87. The van der Waals surface area contributed by atoms with Crippen LogP contribution in [0.2, 0.25) is 10.0 Å². The van der Waals surface area contributed by atoms with E-state index in [-0.39, 0.29) is 39.1 Å². The molecule has 1 aromatic heterocycles. The standard InChI is InChI=1S/C24H24Cl2N4O6/c1-2-36-9-3-8-28-20-21(23(34)22(20)33)29-17(10-18(31)32)13-4-6-14(7-5-13)24(35)30-19-15(25)11-27-12-16(19)26/h4-7,11-12,17,28-29H,2-3,8-10H2,1H3,(H,31,32)(H,27,30,35). The van der Waals surface area contributed by atoms with E-state index in [1.165, 1.54) is 24.5 Å². The van der Waals surface area contributed by atoms with Crippen LogP contribution in [0.5, 0.6) is 0 Å². The average molecular weight is 535 g/mol. The first-order chi connectivity index (χ1) is 17.2. The first-order valence-electron chi connectivity index (χ1n) is 11.1. The second kappa shape index (κ2) is 12.5. The molecule has 0 spiro atoms. The Morgan fingerprint density at radius 3 is 2.28 bits per heavy atom. The lowest BCUT2D eigenvalue weighted by Gasteiger charge is -2.22. The fourth-order valence-electron chi connectivity index (χ4n) is 3.41. The summed E-state index contributed by atoms with van der Waals surface area (Å²) in [7, 11) is 0. The second-order valence-electron chi connectivity index (χ2n) is 7.73. The summed E-state index contributed by atoms with van der Waals surface area (Å²) in [4.78, 5) is 52.1. The lowest BCUT2D eigenvalue weighted by atomic mass is 10.0. The Hall–Kier alpha value is -3.47. The van der Waals surface area contributed by atoms with Crippen LogP contribution in [-0.4, -0.2) is 41.7 Å². The van der Waals surface area contributed by atoms with Gasteiger partial charge in [0.15, 0.2) is 0 Å². The third kappa shape index (κ3) is 6.60. The van der Waals surface area contributed by atoms with Crippen molar-refractivity contribution in [2.75, 3.05) is 35.7 Å². The van der Waals surface area contributed by atoms with Crippen LogP contribution >= 0.6 is 23.2 Å². The minimum atomic E-state index is -1.11. The van der Waals surface area contributed by atoms with Crippen molar-refractivity contribution in [2.24, 2.45) is 0 Å². The molecule has 3 rings (SSSR count). The van der Waals surface area contributed by atoms with Gasteiger partial charge < -0.3 is 25.8 Å². The van der Waals surface area contributed by atoms with Gasteiger partial charge in [0.25, 0.3) is 16.8 Å². The van der Waals surface area contributed by atoms with E-state index >= 15 is 0 Å². The summed E-state index contributed by atoms with van der Waals surface area (Å²) >= 11 is 12.1. The average Bonchev–Trinajstić information content (AvgIpc) is 2.86. The number of nitrogens with zero attached hydrogens (tertiary/aromatic N) is 1. The number of nitrogens with one attached hydrogen (secondary N) is 3. The first-order valence-corrected chi connectivity index (χ1v) is 11.8. The highest BCUT2D eigenvalue weighted by atomic mass is 35.5. The maximum absolute atomic E-state index is 12.6. The maximum atomic E-state index is 12.6. The number of carbonyl (C=O) groups is 2. The number of carbonyl (C=O) groups excluding carboxylic acids is 1. The number of hydrogen-bond acceptors (Lipinski definition) is 8. The highest BCUT2D eigenvalue weighted by Gasteiger charge is 2.25. The molecule has 0 fully saturated rings. The van der Waals surface area contributed by atoms with E-state index < -0.39 is 28.8 Å². The molecule has 12 heteroatoms. The van der Waals surface area contributed by atoms with Crippen LogP contribution in [0.1, 0.15) is 41.7 Å². The molecule has 0 saturated heterocycles. The minimum Gasteiger partial charge on any atom is -0.481 e. The lowest BCUT2D eigenvalue weighted by molar-refractivity contribution is -0.137. The summed E-state index contributed by atoms with van der Waals surface area (Å²) < 4.78 is 5.25. The molecule has 1 unspecified atom stereocenters. The number of aliphatic carboxylic acids is 1. The van der Waals surface area contributed by atoms with Gasteiger partial charge in [-0.05, 0) is 31.0 Å². The number of anilines is 3. The molecule has 1 heterocycles. The zero-order valence-corrected chi connectivity index (χ0v) is 20.8. The van der Waals surface area contributed by atoms with Gasteiger partial charge in [-0.2, -0.15) is 0 Å². The van der Waals surface area contributed by atoms with E-state index in [2.05, 4.69) is 20.9 Å². The number of carboxylic acid groups (broad SMARTS) is 1. The van der Waals surface area contributed by atoms with Gasteiger partial charge in [-0.1, -0.05) is 35.3 Å². The quantitative estimate of drug-likeness (QED) is 0.190. The van der Waals surface area contributed by atoms with E-state index in [1.807, 2.05) is 6.92 Å². The predicted molar refractivity (Wildman–Crippen MR) is 138 cm³/mol. The number of hydrogen-bond donors (Lipinski definition) is 4. The number of pyridine rings is 1. The molecular weight excluding hydrogens is 511 g/mol. The molecule has 0 aliphatic rings. The molecule has 3 aromatic rings. The smallest absolute Gasteiger partial charge is 0.305 e. The molecule has 36 heavy (non-hydrogen) atoms. The number of amides is 1. The second-order valence-corrected chi connectivity index (χ2v) is 8.55. The van der Waals surface area contributed by atoms with Crippen molar-refractivity contribution in [2.45, 2.75) is 25.8 Å². The van der Waals surface area contributed by atoms with Gasteiger partial charge in [-0.3, -0.25) is 24.2 Å². The predicted octanol–water partition coefficient (Wildman–Crippen LogP) is 3.70. The number of ether oxygens (including phenoxy) is 1. The first kappa shape index (κ1) is 27.1. The monoisotopic (exact) mass is 534 g/mol. The van der Waals surface area contributed by atoms with Crippen LogP contribution in [0.25, 0.3) is 0 Å². The van der Waals surface area contributed by atoms with Crippen molar-refractivity contribution in [3.8, 4) is 0 Å². The van der Waals surface area contributed by atoms with Crippen LogP contribution in [0, 0.1) is 0 Å². The molecule has 1 amide bonds. The van der Waals surface area contributed by atoms with Crippen molar-refractivity contribution >= 4 is 52.1 Å². The van der Waals surface area contributed by atoms with E-state index in [0.717, 1.165) is 0 Å². The van der Waals surface area contributed by atoms with Gasteiger partial charge in [-0.25, -0.2) is 0 Å². The molecule has 10 nitrogen and oxygen atoms in total. The third-order valence-corrected chi connectivity index (χ3v) is 5.82. The molecule has 2 aromatic carbocycles. The summed E-state index contributed by atoms with van der Waals surface area (Å²) in [6.07, 6.45) is 2.95. The topological polar surface area (TPSA) is 147 Å². The van der Waals surface area contributed by atoms with Gasteiger partial charge in [-0.15, -0.1) is 0 Å². The van der Waals surface area contributed by atoms with Crippen molar-refractivity contribution < 1.29 is 19.4 Å². The summed E-state index contributed by atoms with van der Waals surface area (Å²) in [5.74, 6) is -1.60. The fraction of sp³-hybridized carbons (Fsp3) is 0.292. The van der Waals surface area contributed by atoms with Crippen LogP contribution in [0.15, 0.2) is 46.2 Å². The van der Waals surface area contributed by atoms with E-state index in [1.54, 1.807) is 12.1 Å². The van der Waals surface area contributed by atoms with Gasteiger partial charge >= 0.3 is 5.97 Å². The molecule has 0 aliphatic heterocycles. The van der Waals surface area contributed by atoms with Crippen LogP contribution in [-0.2, 0) is 9.53 Å². The van der Waals surface area contributed by atoms with Crippen molar-refractivity contribution in [1.82, 2.24) is 4.98 Å². The zero-order valence-electron chi connectivity index (χ0n) is 19.3. The van der Waals surface area contributed by atoms with E-state index in [9.17, 15) is 24.3 Å². The summed E-state index contributed by atoms with van der Waals surface area (Å²) in [6, 6.07) is 5.30. The number of rotatable bonds is 13. The molecular formula is C24H24Cl2N4O6. The number of aromatic nitrogens is 1. The molecule has 0 radical (unpaired) electrons. The molecule has 0 aliphatic carbocycles. The zero-order chi connectivity index (χ0) is 26.2. The summed E-state index contributed by atoms with van der Waals surface area (Å²) in [5.41, 5.74) is -0.246. The molecule has 1 atom stereocenters. The van der Waals surface area contributed by atoms with Crippen molar-refractivity contribution in [3.63, 3.8) is 0 Å². The highest BCUT2D eigenvalue weighted by Crippen LogP contribution is 2.30. The largest absolute Gasteiger partial charge is 0.481 e. The summed E-state index contributed by atoms with van der Waals surface area (Å²) in [6.45, 7) is 3.37. The Morgan fingerprint density at radius 2 is 1.67 bits per heavy atom. The lowest BCUT2D eigenvalue weighted by Crippen LogP contribution is -2.38. The van der Waals surface area contributed by atoms with Crippen LogP contribution < -0.4 is 26.8 Å². The normalized spacial score (nSPS) is 11.8. The molecule has 4 N–H and O–H groups in total. The van der Waals surface area contributed by atoms with Crippen molar-refractivity contribution in [1.29, 1.82) is 0 Å². The molecule has 0 saturated carbocycles. The highest BCUT2D eigenvalue weighted by molar-refractivity contribution is 6.39. The van der Waals surface area contributed by atoms with Crippen molar-refractivity contribution in [3.05, 3.63) is 78.3 Å². The minimum absolute atomic E-state index is 0.0338. The van der Waals surface area contributed by atoms with Gasteiger partial charge in [0.05, 0.1) is 28.2 Å². The van der Waals surface area contributed by atoms with E-state index in [0.29, 0.717) is 31.7 Å². The number of halogens is 2. The van der Waals surface area contributed by atoms with Crippen LogP contribution in [0.4, 0.5) is 17.1 Å². The molecule has 190 valence electrons. The Kier molecular flexibility index (Phi) is 9.40. The van der Waals surface area contributed by atoms with Gasteiger partial charge in [0.2, 0.25) is 0 Å². The van der Waals surface area contributed by atoms with Gasteiger partial charge in [0, 0.05) is 37.7 Å². The van der Waals surface area contributed by atoms with Crippen LogP contribution in [0.3, 0.4) is 0 Å². The maximum Gasteiger partial charge on any atom is 0.305 e. The SMILES string of the molecule is CCOCCCNc1c(NC(CC(=O)O)c2ccc(C(=O)Nc3c(Cl)cncc3Cl)cc2)c(=O)c1=O. The summed E-state index contributed by atoms with van der Waals surface area (Å²) in [5, 5.41) is 18.1. The molecule has 0 bridgehead atoms. The van der Waals surface area contributed by atoms with E-state index in [4.69, 9.17) is 27.9 Å². The number of carboxylic acids is 1. The Morgan fingerprint density at radius 1 is 1.03 bits per heavy atom. The number of benzene rings is 1.